The van der Waals surface area contributed by atoms with Crippen molar-refractivity contribution in [3.63, 3.8) is 0 Å². The van der Waals surface area contributed by atoms with Gasteiger partial charge in [0, 0.05) is 19.8 Å². The first-order valence-electron chi connectivity index (χ1n) is 6.68. The van der Waals surface area contributed by atoms with Crippen LogP contribution in [0, 0.1) is 10.2 Å². The molecule has 0 aromatic carbocycles. The minimum Gasteiger partial charge on any atom is -0.479 e. The third-order valence-electron chi connectivity index (χ3n) is 3.96. The first-order chi connectivity index (χ1) is 9.63. The zero-order valence-corrected chi connectivity index (χ0v) is 12.5. The number of fused-ring (bicyclic) bond motifs is 1. The summed E-state index contributed by atoms with van der Waals surface area (Å²) in [6.07, 6.45) is 3.57. The van der Waals surface area contributed by atoms with E-state index in [0.717, 1.165) is 43.8 Å². The molecule has 1 saturated heterocycles. The molecule has 3 heterocycles. The Kier molecular flexibility index (Phi) is 3.47. The van der Waals surface area contributed by atoms with E-state index in [1.165, 1.54) is 6.33 Å². The van der Waals surface area contributed by atoms with Gasteiger partial charge in [-0.2, -0.15) is 4.98 Å². The highest BCUT2D eigenvalue weighted by atomic mass is 32.1. The number of rotatable bonds is 3. The van der Waals surface area contributed by atoms with Gasteiger partial charge in [-0.15, -0.1) is 0 Å². The number of imidazole rings is 1. The number of methoxy groups -OCH3 is 1. The summed E-state index contributed by atoms with van der Waals surface area (Å²) in [5, 5.41) is 0. The highest BCUT2D eigenvalue weighted by Gasteiger charge is 2.29. The fourth-order valence-electron chi connectivity index (χ4n) is 2.65. The largest absolute Gasteiger partial charge is 0.479 e. The topological polar surface area (TPSA) is 65.0 Å². The summed E-state index contributed by atoms with van der Waals surface area (Å²) < 4.78 is 13.4. The molecule has 0 radical (unpaired) electrons. The van der Waals surface area contributed by atoms with E-state index in [9.17, 15) is 0 Å². The number of aromatic amines is 1. The Balaban J connectivity index is 2.03. The van der Waals surface area contributed by atoms with Crippen molar-refractivity contribution in [2.24, 2.45) is 5.41 Å². The Morgan fingerprint density at radius 1 is 1.45 bits per heavy atom. The van der Waals surface area contributed by atoms with Crippen molar-refractivity contribution in [2.75, 3.05) is 20.3 Å². The van der Waals surface area contributed by atoms with Crippen molar-refractivity contribution in [3.8, 4) is 5.88 Å². The predicted octanol–water partition coefficient (Wildman–Crippen LogP) is 2.31. The van der Waals surface area contributed by atoms with Crippen LogP contribution in [0.3, 0.4) is 0 Å². The van der Waals surface area contributed by atoms with Crippen LogP contribution in [-0.4, -0.2) is 39.8 Å². The van der Waals surface area contributed by atoms with E-state index >= 15 is 0 Å². The van der Waals surface area contributed by atoms with Crippen LogP contribution < -0.4 is 4.74 Å². The van der Waals surface area contributed by atoms with Gasteiger partial charge in [0.25, 0.3) is 0 Å². The molecule has 0 spiro atoms. The van der Waals surface area contributed by atoms with Crippen molar-refractivity contribution in [1.82, 2.24) is 19.5 Å². The lowest BCUT2D eigenvalue weighted by molar-refractivity contribution is 0.0158. The molecule has 2 aromatic heterocycles. The monoisotopic (exact) mass is 294 g/mol. The molecule has 7 heteroatoms. The van der Waals surface area contributed by atoms with Crippen molar-refractivity contribution in [1.29, 1.82) is 0 Å². The molecule has 0 saturated carbocycles. The number of hydrogen-bond acceptors (Lipinski definition) is 5. The number of ether oxygens (including phenoxy) is 2. The maximum atomic E-state index is 5.45. The zero-order chi connectivity index (χ0) is 14.2. The van der Waals surface area contributed by atoms with E-state index in [4.69, 9.17) is 21.7 Å². The molecule has 0 atom stereocenters. The van der Waals surface area contributed by atoms with Crippen molar-refractivity contribution < 1.29 is 9.47 Å². The third kappa shape index (κ3) is 2.31. The molecule has 20 heavy (non-hydrogen) atoms. The van der Waals surface area contributed by atoms with Gasteiger partial charge in [0.15, 0.2) is 10.4 Å². The lowest BCUT2D eigenvalue weighted by atomic mass is 9.82. The van der Waals surface area contributed by atoms with Gasteiger partial charge in [-0.05, 0) is 30.5 Å². The molecule has 0 amide bonds. The van der Waals surface area contributed by atoms with Crippen molar-refractivity contribution >= 4 is 23.4 Å². The van der Waals surface area contributed by atoms with Crippen LogP contribution in [0.2, 0.25) is 0 Å². The van der Waals surface area contributed by atoms with E-state index in [1.54, 1.807) is 7.11 Å². The van der Waals surface area contributed by atoms with E-state index < -0.39 is 0 Å². The van der Waals surface area contributed by atoms with Crippen LogP contribution in [0.15, 0.2) is 6.33 Å². The molecular formula is C13H18N4O2S. The maximum Gasteiger partial charge on any atom is 0.242 e. The van der Waals surface area contributed by atoms with Crippen molar-refractivity contribution in [3.05, 3.63) is 11.1 Å². The van der Waals surface area contributed by atoms with Gasteiger partial charge in [-0.25, -0.2) is 4.98 Å². The predicted molar refractivity (Wildman–Crippen MR) is 77.4 cm³/mol. The number of aromatic nitrogens is 4. The van der Waals surface area contributed by atoms with E-state index in [-0.39, 0.29) is 5.41 Å². The van der Waals surface area contributed by atoms with Crippen LogP contribution in [0.4, 0.5) is 0 Å². The molecule has 3 rings (SSSR count). The van der Waals surface area contributed by atoms with Gasteiger partial charge in [-0.1, -0.05) is 6.92 Å². The first-order valence-corrected chi connectivity index (χ1v) is 7.09. The lowest BCUT2D eigenvalue weighted by Gasteiger charge is -2.33. The SMILES string of the molecule is COc1ncnc2c1[nH]c(=S)n2CC1(C)CCOCC1. The number of hydrogen-bond donors (Lipinski definition) is 1. The molecule has 2 aromatic rings. The van der Waals surface area contributed by atoms with Gasteiger partial charge in [0.1, 0.15) is 11.8 Å². The van der Waals surface area contributed by atoms with Gasteiger partial charge < -0.3 is 19.0 Å². The molecule has 1 aliphatic heterocycles. The molecule has 0 aliphatic carbocycles. The molecule has 6 nitrogen and oxygen atoms in total. The zero-order valence-electron chi connectivity index (χ0n) is 11.7. The summed E-state index contributed by atoms with van der Waals surface area (Å²) in [6, 6.07) is 0. The number of nitrogens with zero attached hydrogens (tertiary/aromatic N) is 3. The molecule has 1 aliphatic rings. The second-order valence-electron chi connectivity index (χ2n) is 5.52. The summed E-state index contributed by atoms with van der Waals surface area (Å²) in [4.78, 5) is 11.6. The summed E-state index contributed by atoms with van der Waals surface area (Å²) in [7, 11) is 1.59. The Morgan fingerprint density at radius 2 is 2.20 bits per heavy atom. The summed E-state index contributed by atoms with van der Waals surface area (Å²) in [5.41, 5.74) is 1.74. The summed E-state index contributed by atoms with van der Waals surface area (Å²) in [5.74, 6) is 0.525. The fourth-order valence-corrected chi connectivity index (χ4v) is 2.90. The molecule has 0 unspecified atom stereocenters. The molecular weight excluding hydrogens is 276 g/mol. The Bertz CT molecular complexity index is 673. The maximum absolute atomic E-state index is 5.45. The van der Waals surface area contributed by atoms with Crippen LogP contribution in [-0.2, 0) is 11.3 Å². The average Bonchev–Trinajstić information content (AvgIpc) is 2.75. The minimum atomic E-state index is 0.184. The normalized spacial score (nSPS) is 18.3. The van der Waals surface area contributed by atoms with Crippen LogP contribution >= 0.6 is 12.2 Å². The second-order valence-corrected chi connectivity index (χ2v) is 5.91. The molecule has 1 fully saturated rings. The smallest absolute Gasteiger partial charge is 0.242 e. The molecule has 108 valence electrons. The number of nitrogens with one attached hydrogen (secondary N) is 1. The number of H-pyrrole nitrogens is 1. The van der Waals surface area contributed by atoms with Crippen LogP contribution in [0.1, 0.15) is 19.8 Å². The lowest BCUT2D eigenvalue weighted by Crippen LogP contribution is -2.31. The highest BCUT2D eigenvalue weighted by molar-refractivity contribution is 7.71. The second kappa shape index (κ2) is 5.14. The molecule has 0 bridgehead atoms. The van der Waals surface area contributed by atoms with Crippen LogP contribution in [0.5, 0.6) is 5.88 Å². The minimum absolute atomic E-state index is 0.184. The molecule has 1 N–H and O–H groups in total. The van der Waals surface area contributed by atoms with E-state index in [2.05, 4.69) is 21.9 Å². The first kappa shape index (κ1) is 13.5. The van der Waals surface area contributed by atoms with E-state index in [0.29, 0.717) is 10.7 Å². The summed E-state index contributed by atoms with van der Waals surface area (Å²) in [6.45, 7) is 4.72. The van der Waals surface area contributed by atoms with Gasteiger partial charge in [0.2, 0.25) is 5.88 Å². The third-order valence-corrected chi connectivity index (χ3v) is 4.28. The van der Waals surface area contributed by atoms with Gasteiger partial charge in [0.05, 0.1) is 7.11 Å². The van der Waals surface area contributed by atoms with Gasteiger partial charge in [-0.3, -0.25) is 0 Å². The van der Waals surface area contributed by atoms with Crippen LogP contribution in [0.25, 0.3) is 11.2 Å². The summed E-state index contributed by atoms with van der Waals surface area (Å²) >= 11 is 5.43. The average molecular weight is 294 g/mol. The Labute approximate surface area is 122 Å². The quantitative estimate of drug-likeness (QED) is 0.880. The Morgan fingerprint density at radius 3 is 2.90 bits per heavy atom. The standard InChI is InChI=1S/C13H18N4O2S/c1-13(3-5-19-6-4-13)7-17-10-9(16-12(17)20)11(18-2)15-8-14-10/h8H,3-7H2,1-2H3,(H,16,20). The van der Waals surface area contributed by atoms with E-state index in [1.807, 2.05) is 4.57 Å². The Hall–Kier alpha value is -1.47. The highest BCUT2D eigenvalue weighted by Crippen LogP contribution is 2.33. The van der Waals surface area contributed by atoms with Gasteiger partial charge >= 0.3 is 0 Å². The fraction of sp³-hybridized carbons (Fsp3) is 0.615. The van der Waals surface area contributed by atoms with Crippen molar-refractivity contribution in [2.45, 2.75) is 26.3 Å².